The van der Waals surface area contributed by atoms with E-state index in [0.717, 1.165) is 41.1 Å². The van der Waals surface area contributed by atoms with E-state index in [4.69, 9.17) is 4.52 Å². The zero-order valence-corrected chi connectivity index (χ0v) is 11.9. The van der Waals surface area contributed by atoms with Crippen molar-refractivity contribution < 1.29 is 4.52 Å². The van der Waals surface area contributed by atoms with Crippen LogP contribution in [0.5, 0.6) is 0 Å². The van der Waals surface area contributed by atoms with E-state index in [9.17, 15) is 0 Å². The van der Waals surface area contributed by atoms with Gasteiger partial charge in [0.05, 0.1) is 17.4 Å². The molecule has 0 aromatic carbocycles. The molecule has 0 atom stereocenters. The number of aryl methyl sites for hydroxylation is 1. The predicted octanol–water partition coefficient (Wildman–Crippen LogP) is 2.22. The minimum Gasteiger partial charge on any atom is -0.369 e. The first-order chi connectivity index (χ1) is 8.79. The molecule has 0 amide bonds. The summed E-state index contributed by atoms with van der Waals surface area (Å²) in [6, 6.07) is 1.96. The molecular weight excluding hydrogens is 270 g/mol. The molecule has 2 N–H and O–H groups in total. The zero-order chi connectivity index (χ0) is 12.8. The maximum Gasteiger partial charge on any atom is 0.184 e. The van der Waals surface area contributed by atoms with Crippen LogP contribution in [0.3, 0.4) is 0 Å². The zero-order valence-electron chi connectivity index (χ0n) is 10.3. The second kappa shape index (κ2) is 6.60. The quantitative estimate of drug-likeness (QED) is 0.755. The molecule has 0 bridgehead atoms. The largest absolute Gasteiger partial charge is 0.369 e. The number of aromatic nitrogens is 3. The molecule has 2 aromatic rings. The van der Waals surface area contributed by atoms with E-state index in [-0.39, 0.29) is 0 Å². The number of nitrogens with one attached hydrogen (secondary N) is 2. The van der Waals surface area contributed by atoms with Crippen LogP contribution in [0.25, 0.3) is 0 Å². The van der Waals surface area contributed by atoms with Crippen molar-refractivity contribution in [2.24, 2.45) is 0 Å². The molecule has 0 aliphatic carbocycles. The lowest BCUT2D eigenvalue weighted by Crippen LogP contribution is -2.06. The summed E-state index contributed by atoms with van der Waals surface area (Å²) in [5, 5.41) is 10.2. The Morgan fingerprint density at radius 3 is 2.94 bits per heavy atom. The number of hydrogen-bond acceptors (Lipinski definition) is 8. The molecule has 0 saturated heterocycles. The van der Waals surface area contributed by atoms with Crippen molar-refractivity contribution in [3.05, 3.63) is 17.5 Å². The van der Waals surface area contributed by atoms with Crippen LogP contribution >= 0.6 is 23.5 Å². The summed E-state index contributed by atoms with van der Waals surface area (Å²) in [7, 11) is 1.84. The average molecular weight is 285 g/mol. The van der Waals surface area contributed by atoms with E-state index in [1.807, 2.05) is 20.0 Å². The van der Waals surface area contributed by atoms with Crippen LogP contribution in [0.4, 0.5) is 11.6 Å². The summed E-state index contributed by atoms with van der Waals surface area (Å²) < 4.78 is 13.3. The fraction of sp³-hybridized carbons (Fsp3) is 0.500. The average Bonchev–Trinajstić information content (AvgIpc) is 2.97. The maximum absolute atomic E-state index is 5.01. The van der Waals surface area contributed by atoms with Crippen LogP contribution in [0, 0.1) is 6.92 Å². The van der Waals surface area contributed by atoms with E-state index < -0.39 is 0 Å². The minimum absolute atomic E-state index is 0.803. The van der Waals surface area contributed by atoms with Gasteiger partial charge in [-0.25, -0.2) is 0 Å². The lowest BCUT2D eigenvalue weighted by atomic mass is 10.4. The molecule has 0 saturated carbocycles. The monoisotopic (exact) mass is 285 g/mol. The van der Waals surface area contributed by atoms with Crippen molar-refractivity contribution in [2.75, 3.05) is 30.0 Å². The molecule has 0 aliphatic heterocycles. The number of thioether (sulfide) groups is 1. The minimum atomic E-state index is 0.803. The Morgan fingerprint density at radius 2 is 2.22 bits per heavy atom. The van der Waals surface area contributed by atoms with Gasteiger partial charge in [-0.3, -0.25) is 0 Å². The van der Waals surface area contributed by atoms with Gasteiger partial charge >= 0.3 is 0 Å². The smallest absolute Gasteiger partial charge is 0.184 e. The number of nitrogens with zero attached hydrogens (tertiary/aromatic N) is 3. The molecule has 0 radical (unpaired) electrons. The molecule has 2 heterocycles. The first-order valence-electron chi connectivity index (χ1n) is 5.53. The molecular formula is C10H15N5OS2. The third-order valence-corrected chi connectivity index (χ3v) is 3.71. The molecule has 98 valence electrons. The summed E-state index contributed by atoms with van der Waals surface area (Å²) in [5.74, 6) is 4.33. The van der Waals surface area contributed by atoms with Crippen molar-refractivity contribution in [1.29, 1.82) is 0 Å². The van der Waals surface area contributed by atoms with Crippen LogP contribution in [0.1, 0.15) is 11.5 Å². The number of rotatable bonds is 7. The van der Waals surface area contributed by atoms with Crippen LogP contribution in [0.15, 0.2) is 10.6 Å². The first kappa shape index (κ1) is 13.2. The van der Waals surface area contributed by atoms with Gasteiger partial charge in [-0.1, -0.05) is 5.16 Å². The highest BCUT2D eigenvalue weighted by Crippen LogP contribution is 2.17. The Bertz CT molecular complexity index is 484. The van der Waals surface area contributed by atoms with Gasteiger partial charge < -0.3 is 15.2 Å². The van der Waals surface area contributed by atoms with Crippen LogP contribution in [-0.4, -0.2) is 33.2 Å². The number of anilines is 2. The highest BCUT2D eigenvalue weighted by Gasteiger charge is 2.05. The third kappa shape index (κ3) is 3.61. The second-order valence-electron chi connectivity index (χ2n) is 3.62. The van der Waals surface area contributed by atoms with Gasteiger partial charge in [0.15, 0.2) is 11.6 Å². The molecule has 0 fully saturated rings. The molecule has 0 unspecified atom stereocenters. The third-order valence-electron chi connectivity index (χ3n) is 2.19. The molecule has 0 aliphatic rings. The van der Waals surface area contributed by atoms with E-state index in [0.29, 0.717) is 0 Å². The highest BCUT2D eigenvalue weighted by molar-refractivity contribution is 7.98. The predicted molar refractivity (Wildman–Crippen MR) is 75.3 cm³/mol. The molecule has 2 aromatic heterocycles. The van der Waals surface area contributed by atoms with Gasteiger partial charge in [0.25, 0.3) is 0 Å². The van der Waals surface area contributed by atoms with Crippen LogP contribution in [0.2, 0.25) is 0 Å². The Hall–Kier alpha value is -1.28. The lowest BCUT2D eigenvalue weighted by molar-refractivity contribution is 0.393. The molecule has 6 nitrogen and oxygen atoms in total. The van der Waals surface area contributed by atoms with E-state index in [1.165, 1.54) is 11.7 Å². The van der Waals surface area contributed by atoms with Gasteiger partial charge in [0.1, 0.15) is 5.76 Å². The Kier molecular flexibility index (Phi) is 4.82. The maximum atomic E-state index is 5.01. The van der Waals surface area contributed by atoms with Crippen molar-refractivity contribution in [1.82, 2.24) is 13.9 Å². The van der Waals surface area contributed by atoms with Crippen molar-refractivity contribution in [3.63, 3.8) is 0 Å². The fourth-order valence-electron chi connectivity index (χ4n) is 1.37. The van der Waals surface area contributed by atoms with Crippen molar-refractivity contribution >= 4 is 35.1 Å². The van der Waals surface area contributed by atoms with Crippen LogP contribution in [-0.2, 0) is 5.75 Å². The molecule has 0 spiro atoms. The SMILES string of the molecule is CNc1nsnc1NCCSCc1cc(C)on1. The Labute approximate surface area is 114 Å². The highest BCUT2D eigenvalue weighted by atomic mass is 32.2. The topological polar surface area (TPSA) is 75.9 Å². The Balaban J connectivity index is 1.64. The van der Waals surface area contributed by atoms with Crippen molar-refractivity contribution in [3.8, 4) is 0 Å². The molecule has 18 heavy (non-hydrogen) atoms. The van der Waals surface area contributed by atoms with Crippen molar-refractivity contribution in [2.45, 2.75) is 12.7 Å². The molecule has 8 heteroatoms. The van der Waals surface area contributed by atoms with Gasteiger partial charge in [0.2, 0.25) is 0 Å². The van der Waals surface area contributed by atoms with Gasteiger partial charge in [-0.15, -0.1) is 0 Å². The summed E-state index contributed by atoms with van der Waals surface area (Å²) >= 11 is 3.00. The standard InChI is InChI=1S/C10H15N5OS2/c1-7-5-8(13-16-7)6-17-4-3-12-10-9(11-2)14-18-15-10/h5H,3-4,6H2,1-2H3,(H,11,14)(H,12,15). The summed E-state index contributed by atoms with van der Waals surface area (Å²) in [6.45, 7) is 2.75. The van der Waals surface area contributed by atoms with E-state index >= 15 is 0 Å². The fourth-order valence-corrected chi connectivity index (χ4v) is 2.64. The summed E-state index contributed by atoms with van der Waals surface area (Å²) in [4.78, 5) is 0. The normalized spacial score (nSPS) is 10.6. The van der Waals surface area contributed by atoms with Gasteiger partial charge in [-0.2, -0.15) is 20.5 Å². The summed E-state index contributed by atoms with van der Waals surface area (Å²) in [6.07, 6.45) is 0. The molecule has 2 rings (SSSR count). The van der Waals surface area contributed by atoms with E-state index in [1.54, 1.807) is 11.8 Å². The van der Waals surface area contributed by atoms with Gasteiger partial charge in [-0.05, 0) is 6.92 Å². The first-order valence-corrected chi connectivity index (χ1v) is 7.42. The number of hydrogen-bond donors (Lipinski definition) is 2. The summed E-state index contributed by atoms with van der Waals surface area (Å²) in [5.41, 5.74) is 0.990. The van der Waals surface area contributed by atoms with Crippen LogP contribution < -0.4 is 10.6 Å². The lowest BCUT2D eigenvalue weighted by Gasteiger charge is -2.03. The van der Waals surface area contributed by atoms with Gasteiger partial charge in [0, 0.05) is 31.2 Å². The van der Waals surface area contributed by atoms with E-state index in [2.05, 4.69) is 24.5 Å². The Morgan fingerprint density at radius 1 is 1.39 bits per heavy atom. The second-order valence-corrected chi connectivity index (χ2v) is 5.25.